The number of fused-ring (bicyclic) bond motifs is 1. The number of alkyl halides is 3. The number of nitrogens with two attached hydrogens (primary N) is 1. The maximum atomic E-state index is 12.7. The Morgan fingerprint density at radius 2 is 2.03 bits per heavy atom. The second-order valence-corrected chi connectivity index (χ2v) is 7.34. The standard InChI is InChI=1S/C21H21F3N4O2/c1-2-26-20(9-4-10-20)17-5-3-6-18(27-17)28-15-12-14(30-21(22,23)24)8-7-13(15)11-16(28)19(25)29/h3,5-8,11-12,26H,2,4,9-10H2,1H3,(H2,25,29). The Morgan fingerprint density at radius 3 is 2.63 bits per heavy atom. The largest absolute Gasteiger partial charge is 0.573 e. The quantitative estimate of drug-likeness (QED) is 0.634. The normalized spacial score (nSPS) is 15.7. The van der Waals surface area contributed by atoms with E-state index in [9.17, 15) is 18.0 Å². The number of carbonyl (C=O) groups excluding carboxylic acids is 1. The topological polar surface area (TPSA) is 82.2 Å². The number of aromatic nitrogens is 2. The Morgan fingerprint density at radius 1 is 1.27 bits per heavy atom. The van der Waals surface area contributed by atoms with Gasteiger partial charge in [-0.05, 0) is 56.1 Å². The zero-order chi connectivity index (χ0) is 21.5. The maximum absolute atomic E-state index is 12.7. The molecule has 1 aliphatic rings. The number of halogens is 3. The van der Waals surface area contributed by atoms with Crippen LogP contribution in [0, 0.1) is 0 Å². The van der Waals surface area contributed by atoms with Crippen LogP contribution in [-0.4, -0.2) is 28.4 Å². The van der Waals surface area contributed by atoms with Crippen LogP contribution in [0.2, 0.25) is 0 Å². The van der Waals surface area contributed by atoms with E-state index in [0.29, 0.717) is 16.7 Å². The summed E-state index contributed by atoms with van der Waals surface area (Å²) < 4.78 is 43.6. The molecule has 0 saturated heterocycles. The summed E-state index contributed by atoms with van der Waals surface area (Å²) in [7, 11) is 0. The van der Waals surface area contributed by atoms with E-state index in [2.05, 4.69) is 10.1 Å². The van der Waals surface area contributed by atoms with Gasteiger partial charge in [0.15, 0.2) is 0 Å². The van der Waals surface area contributed by atoms with E-state index in [0.717, 1.165) is 31.5 Å². The second-order valence-electron chi connectivity index (χ2n) is 7.34. The van der Waals surface area contributed by atoms with Crippen molar-refractivity contribution in [3.05, 3.63) is 53.9 Å². The van der Waals surface area contributed by atoms with Crippen molar-refractivity contribution in [3.8, 4) is 11.6 Å². The minimum absolute atomic E-state index is 0.130. The van der Waals surface area contributed by atoms with Gasteiger partial charge in [0.1, 0.15) is 17.3 Å². The minimum Gasteiger partial charge on any atom is -0.406 e. The van der Waals surface area contributed by atoms with Crippen LogP contribution in [0.5, 0.6) is 5.75 Å². The Kier molecular flexibility index (Phi) is 4.93. The van der Waals surface area contributed by atoms with Crippen molar-refractivity contribution in [2.75, 3.05) is 6.54 Å². The number of nitrogens with one attached hydrogen (secondary N) is 1. The number of benzene rings is 1. The summed E-state index contributed by atoms with van der Waals surface area (Å²) in [6, 6.07) is 10.9. The molecule has 3 aromatic rings. The van der Waals surface area contributed by atoms with E-state index in [4.69, 9.17) is 10.7 Å². The predicted molar refractivity (Wildman–Crippen MR) is 105 cm³/mol. The molecule has 6 nitrogen and oxygen atoms in total. The lowest BCUT2D eigenvalue weighted by Crippen LogP contribution is -2.48. The summed E-state index contributed by atoms with van der Waals surface area (Å²) in [6.07, 6.45) is -1.86. The van der Waals surface area contributed by atoms with E-state index >= 15 is 0 Å². The van der Waals surface area contributed by atoms with Gasteiger partial charge in [0.25, 0.3) is 5.91 Å². The Labute approximate surface area is 170 Å². The van der Waals surface area contributed by atoms with Gasteiger partial charge in [0.2, 0.25) is 0 Å². The van der Waals surface area contributed by atoms with Crippen LogP contribution < -0.4 is 15.8 Å². The number of pyridine rings is 1. The average Bonchev–Trinajstić information content (AvgIpc) is 3.02. The number of rotatable bonds is 6. The SMILES string of the molecule is CCNC1(c2cccc(-n3c(C(N)=O)cc4ccc(OC(F)(F)F)cc43)n2)CCC1. The smallest absolute Gasteiger partial charge is 0.406 e. The summed E-state index contributed by atoms with van der Waals surface area (Å²) in [5.41, 5.74) is 6.63. The zero-order valence-corrected chi connectivity index (χ0v) is 16.3. The van der Waals surface area contributed by atoms with Gasteiger partial charge in [-0.1, -0.05) is 13.0 Å². The van der Waals surface area contributed by atoms with Crippen molar-refractivity contribution < 1.29 is 22.7 Å². The molecule has 1 aliphatic carbocycles. The molecule has 9 heteroatoms. The highest BCUT2D eigenvalue weighted by atomic mass is 19.4. The third-order valence-corrected chi connectivity index (χ3v) is 5.44. The number of carbonyl (C=O) groups is 1. The zero-order valence-electron chi connectivity index (χ0n) is 16.3. The molecule has 3 N–H and O–H groups in total. The molecule has 0 bridgehead atoms. The van der Waals surface area contributed by atoms with Crippen molar-refractivity contribution >= 4 is 16.8 Å². The highest BCUT2D eigenvalue weighted by molar-refractivity contribution is 5.99. The second kappa shape index (κ2) is 7.32. The maximum Gasteiger partial charge on any atom is 0.573 e. The van der Waals surface area contributed by atoms with Crippen LogP contribution in [0.4, 0.5) is 13.2 Å². The van der Waals surface area contributed by atoms with Gasteiger partial charge in [-0.3, -0.25) is 9.36 Å². The minimum atomic E-state index is -4.82. The summed E-state index contributed by atoms with van der Waals surface area (Å²) >= 11 is 0. The van der Waals surface area contributed by atoms with Crippen LogP contribution in [0.1, 0.15) is 42.4 Å². The monoisotopic (exact) mass is 418 g/mol. The molecular weight excluding hydrogens is 397 g/mol. The highest BCUT2D eigenvalue weighted by Gasteiger charge is 2.39. The van der Waals surface area contributed by atoms with E-state index in [-0.39, 0.29) is 17.0 Å². The molecule has 158 valence electrons. The molecule has 0 aliphatic heterocycles. The molecule has 1 amide bonds. The van der Waals surface area contributed by atoms with Crippen LogP contribution in [-0.2, 0) is 5.54 Å². The molecule has 0 radical (unpaired) electrons. The number of amides is 1. The molecule has 2 aromatic heterocycles. The number of primary amides is 1. The third kappa shape index (κ3) is 3.60. The number of hydrogen-bond acceptors (Lipinski definition) is 4. The van der Waals surface area contributed by atoms with E-state index in [1.165, 1.54) is 28.8 Å². The predicted octanol–water partition coefficient (Wildman–Crippen LogP) is 4.01. The first-order valence-corrected chi connectivity index (χ1v) is 9.66. The molecule has 0 unspecified atom stereocenters. The highest BCUT2D eigenvalue weighted by Crippen LogP contribution is 2.40. The molecule has 2 heterocycles. The molecule has 1 fully saturated rings. The van der Waals surface area contributed by atoms with Crippen LogP contribution in [0.3, 0.4) is 0 Å². The summed E-state index contributed by atoms with van der Waals surface area (Å²) in [5, 5.41) is 4.04. The van der Waals surface area contributed by atoms with E-state index in [1.54, 1.807) is 6.07 Å². The fourth-order valence-electron chi connectivity index (χ4n) is 4.01. The van der Waals surface area contributed by atoms with Crippen LogP contribution >= 0.6 is 0 Å². The molecule has 0 spiro atoms. The van der Waals surface area contributed by atoms with Gasteiger partial charge in [-0.2, -0.15) is 0 Å². The Balaban J connectivity index is 1.87. The lowest BCUT2D eigenvalue weighted by atomic mass is 9.74. The number of ether oxygens (including phenoxy) is 1. The van der Waals surface area contributed by atoms with Crippen molar-refractivity contribution in [1.82, 2.24) is 14.9 Å². The first-order chi connectivity index (χ1) is 14.2. The van der Waals surface area contributed by atoms with E-state index < -0.39 is 12.3 Å². The van der Waals surface area contributed by atoms with Crippen molar-refractivity contribution in [2.45, 2.75) is 38.1 Å². The molecular formula is C21H21F3N4O2. The lowest BCUT2D eigenvalue weighted by Gasteiger charge is -2.42. The van der Waals surface area contributed by atoms with Gasteiger partial charge in [0.05, 0.1) is 16.7 Å². The molecule has 30 heavy (non-hydrogen) atoms. The van der Waals surface area contributed by atoms with Gasteiger partial charge in [-0.25, -0.2) is 4.98 Å². The Hall–Kier alpha value is -3.07. The molecule has 4 rings (SSSR count). The number of nitrogens with zero attached hydrogens (tertiary/aromatic N) is 2. The fourth-order valence-corrected chi connectivity index (χ4v) is 4.01. The summed E-state index contributed by atoms with van der Waals surface area (Å²) in [6.45, 7) is 2.81. The van der Waals surface area contributed by atoms with Crippen molar-refractivity contribution in [3.63, 3.8) is 0 Å². The average molecular weight is 418 g/mol. The van der Waals surface area contributed by atoms with Gasteiger partial charge < -0.3 is 15.8 Å². The van der Waals surface area contributed by atoms with Gasteiger partial charge >= 0.3 is 6.36 Å². The van der Waals surface area contributed by atoms with E-state index in [1.807, 2.05) is 19.1 Å². The van der Waals surface area contributed by atoms with Gasteiger partial charge in [-0.15, -0.1) is 13.2 Å². The third-order valence-electron chi connectivity index (χ3n) is 5.44. The Bertz CT molecular complexity index is 1100. The summed E-state index contributed by atoms with van der Waals surface area (Å²) in [5.74, 6) is -0.684. The van der Waals surface area contributed by atoms with Gasteiger partial charge in [0, 0.05) is 11.5 Å². The molecule has 1 aromatic carbocycles. The van der Waals surface area contributed by atoms with Crippen LogP contribution in [0.15, 0.2) is 42.5 Å². The summed E-state index contributed by atoms with van der Waals surface area (Å²) in [4.78, 5) is 16.8. The first-order valence-electron chi connectivity index (χ1n) is 9.66. The van der Waals surface area contributed by atoms with Crippen molar-refractivity contribution in [1.29, 1.82) is 0 Å². The molecule has 0 atom stereocenters. The first kappa shape index (κ1) is 20.2. The lowest BCUT2D eigenvalue weighted by molar-refractivity contribution is -0.274. The molecule has 1 saturated carbocycles. The van der Waals surface area contributed by atoms with Crippen LogP contribution in [0.25, 0.3) is 16.7 Å². The fraction of sp³-hybridized carbons (Fsp3) is 0.333. The van der Waals surface area contributed by atoms with Crippen molar-refractivity contribution in [2.24, 2.45) is 5.73 Å². The number of hydrogen-bond donors (Lipinski definition) is 2.